The Labute approximate surface area is 88.6 Å². The molecular weight excluding hydrogens is 194 g/mol. The molecule has 0 aromatic heterocycles. The SMILES string of the molecule is O=C(O)NCCCC(O)c1ccccc1. The second-order valence-electron chi connectivity index (χ2n) is 3.30. The van der Waals surface area contributed by atoms with Gasteiger partial charge in [-0.05, 0) is 18.4 Å². The highest BCUT2D eigenvalue weighted by atomic mass is 16.4. The molecule has 1 atom stereocenters. The van der Waals surface area contributed by atoms with Crippen molar-refractivity contribution in [2.75, 3.05) is 6.54 Å². The Bertz CT molecular complexity index is 300. The highest BCUT2D eigenvalue weighted by Crippen LogP contribution is 2.16. The van der Waals surface area contributed by atoms with Crippen molar-refractivity contribution < 1.29 is 15.0 Å². The van der Waals surface area contributed by atoms with E-state index >= 15 is 0 Å². The zero-order valence-electron chi connectivity index (χ0n) is 8.39. The van der Waals surface area contributed by atoms with Crippen molar-refractivity contribution in [3.8, 4) is 0 Å². The summed E-state index contributed by atoms with van der Waals surface area (Å²) in [6.07, 6.45) is -0.349. The van der Waals surface area contributed by atoms with Gasteiger partial charge in [-0.1, -0.05) is 30.3 Å². The molecule has 0 saturated heterocycles. The lowest BCUT2D eigenvalue weighted by molar-refractivity contribution is 0.162. The van der Waals surface area contributed by atoms with Gasteiger partial charge in [-0.25, -0.2) is 4.79 Å². The summed E-state index contributed by atoms with van der Waals surface area (Å²) in [7, 11) is 0. The summed E-state index contributed by atoms with van der Waals surface area (Å²) >= 11 is 0. The molecule has 82 valence electrons. The third-order valence-electron chi connectivity index (χ3n) is 2.11. The minimum absolute atomic E-state index is 0.374. The van der Waals surface area contributed by atoms with Crippen molar-refractivity contribution in [3.05, 3.63) is 35.9 Å². The first-order chi connectivity index (χ1) is 7.20. The molecule has 0 saturated carbocycles. The van der Waals surface area contributed by atoms with E-state index in [0.717, 1.165) is 5.56 Å². The van der Waals surface area contributed by atoms with E-state index in [0.29, 0.717) is 19.4 Å². The summed E-state index contributed by atoms with van der Waals surface area (Å²) in [5.74, 6) is 0. The maximum atomic E-state index is 10.1. The highest BCUT2D eigenvalue weighted by molar-refractivity contribution is 5.64. The monoisotopic (exact) mass is 209 g/mol. The van der Waals surface area contributed by atoms with Crippen LogP contribution in [0.3, 0.4) is 0 Å². The molecule has 1 rings (SSSR count). The molecule has 0 aliphatic heterocycles. The van der Waals surface area contributed by atoms with E-state index in [-0.39, 0.29) is 0 Å². The molecule has 1 unspecified atom stereocenters. The third kappa shape index (κ3) is 4.46. The summed E-state index contributed by atoms with van der Waals surface area (Å²) < 4.78 is 0. The van der Waals surface area contributed by atoms with Crippen molar-refractivity contribution in [1.82, 2.24) is 5.32 Å². The highest BCUT2D eigenvalue weighted by Gasteiger charge is 2.06. The molecule has 1 aromatic carbocycles. The Morgan fingerprint density at radius 2 is 2.00 bits per heavy atom. The Hall–Kier alpha value is -1.55. The average molecular weight is 209 g/mol. The van der Waals surface area contributed by atoms with E-state index in [9.17, 15) is 9.90 Å². The number of aliphatic hydroxyl groups is 1. The zero-order valence-corrected chi connectivity index (χ0v) is 8.39. The Morgan fingerprint density at radius 1 is 1.33 bits per heavy atom. The van der Waals surface area contributed by atoms with Gasteiger partial charge in [-0.2, -0.15) is 0 Å². The van der Waals surface area contributed by atoms with E-state index in [2.05, 4.69) is 5.32 Å². The summed E-state index contributed by atoms with van der Waals surface area (Å²) in [5.41, 5.74) is 0.868. The first kappa shape index (κ1) is 11.5. The number of aliphatic hydroxyl groups excluding tert-OH is 1. The van der Waals surface area contributed by atoms with Gasteiger partial charge >= 0.3 is 6.09 Å². The van der Waals surface area contributed by atoms with Gasteiger partial charge in [-0.15, -0.1) is 0 Å². The smallest absolute Gasteiger partial charge is 0.404 e. The molecule has 1 aromatic rings. The fraction of sp³-hybridized carbons (Fsp3) is 0.364. The molecule has 0 spiro atoms. The second kappa shape index (κ2) is 6.03. The molecule has 0 aliphatic carbocycles. The molecule has 0 aliphatic rings. The van der Waals surface area contributed by atoms with Gasteiger partial charge in [0.15, 0.2) is 0 Å². The van der Waals surface area contributed by atoms with Gasteiger partial charge in [0.1, 0.15) is 0 Å². The lowest BCUT2D eigenvalue weighted by atomic mass is 10.1. The molecule has 3 N–H and O–H groups in total. The van der Waals surface area contributed by atoms with Crippen molar-refractivity contribution in [1.29, 1.82) is 0 Å². The number of carbonyl (C=O) groups is 1. The van der Waals surface area contributed by atoms with E-state index in [4.69, 9.17) is 5.11 Å². The van der Waals surface area contributed by atoms with Gasteiger partial charge in [0.2, 0.25) is 0 Å². The van der Waals surface area contributed by atoms with Gasteiger partial charge < -0.3 is 15.5 Å². The Morgan fingerprint density at radius 3 is 2.60 bits per heavy atom. The van der Waals surface area contributed by atoms with Crippen LogP contribution in [0, 0.1) is 0 Å². The van der Waals surface area contributed by atoms with Crippen molar-refractivity contribution >= 4 is 6.09 Å². The first-order valence-electron chi connectivity index (χ1n) is 4.90. The molecule has 0 fully saturated rings. The summed E-state index contributed by atoms with van der Waals surface area (Å²) in [6.45, 7) is 0.374. The van der Waals surface area contributed by atoms with Crippen LogP contribution in [0.15, 0.2) is 30.3 Å². The minimum atomic E-state index is -1.02. The number of carboxylic acid groups (broad SMARTS) is 1. The Balaban J connectivity index is 2.25. The van der Waals surface area contributed by atoms with Gasteiger partial charge in [0.05, 0.1) is 6.10 Å². The van der Waals surface area contributed by atoms with Crippen LogP contribution in [0.4, 0.5) is 4.79 Å². The van der Waals surface area contributed by atoms with Crippen LogP contribution in [-0.2, 0) is 0 Å². The molecule has 0 radical (unpaired) electrons. The van der Waals surface area contributed by atoms with Crippen molar-refractivity contribution in [2.24, 2.45) is 0 Å². The van der Waals surface area contributed by atoms with Crippen molar-refractivity contribution in [3.63, 3.8) is 0 Å². The quantitative estimate of drug-likeness (QED) is 0.647. The molecule has 0 bridgehead atoms. The van der Waals surface area contributed by atoms with Crippen LogP contribution in [-0.4, -0.2) is 22.9 Å². The van der Waals surface area contributed by atoms with Crippen molar-refractivity contribution in [2.45, 2.75) is 18.9 Å². The Kier molecular flexibility index (Phi) is 4.63. The summed E-state index contributed by atoms with van der Waals surface area (Å²) in [4.78, 5) is 10.1. The van der Waals surface area contributed by atoms with E-state index in [1.54, 1.807) is 0 Å². The van der Waals surface area contributed by atoms with Gasteiger partial charge in [0, 0.05) is 6.54 Å². The van der Waals surface area contributed by atoms with Gasteiger partial charge in [0.25, 0.3) is 0 Å². The normalized spacial score (nSPS) is 12.1. The van der Waals surface area contributed by atoms with Crippen LogP contribution in [0.25, 0.3) is 0 Å². The van der Waals surface area contributed by atoms with E-state index < -0.39 is 12.2 Å². The predicted molar refractivity (Wildman–Crippen MR) is 56.7 cm³/mol. The van der Waals surface area contributed by atoms with Crippen LogP contribution in [0.1, 0.15) is 24.5 Å². The zero-order chi connectivity index (χ0) is 11.1. The molecule has 4 nitrogen and oxygen atoms in total. The van der Waals surface area contributed by atoms with E-state index in [1.165, 1.54) is 0 Å². The maximum absolute atomic E-state index is 10.1. The lowest BCUT2D eigenvalue weighted by Crippen LogP contribution is -2.22. The summed E-state index contributed by atoms with van der Waals surface area (Å²) in [5, 5.41) is 20.3. The van der Waals surface area contributed by atoms with Crippen LogP contribution in [0.2, 0.25) is 0 Å². The van der Waals surface area contributed by atoms with Crippen LogP contribution in [0.5, 0.6) is 0 Å². The standard InChI is InChI=1S/C11H15NO3/c13-10(7-4-8-12-11(14)15)9-5-2-1-3-6-9/h1-3,5-6,10,12-13H,4,7-8H2,(H,14,15). The fourth-order valence-corrected chi connectivity index (χ4v) is 1.33. The average Bonchev–Trinajstić information content (AvgIpc) is 2.25. The number of nitrogens with one attached hydrogen (secondary N) is 1. The fourth-order valence-electron chi connectivity index (χ4n) is 1.33. The largest absolute Gasteiger partial charge is 0.465 e. The predicted octanol–water partition coefficient (Wildman–Crippen LogP) is 1.77. The van der Waals surface area contributed by atoms with E-state index in [1.807, 2.05) is 30.3 Å². The van der Waals surface area contributed by atoms with Gasteiger partial charge in [-0.3, -0.25) is 0 Å². The maximum Gasteiger partial charge on any atom is 0.404 e. The number of hydrogen-bond acceptors (Lipinski definition) is 2. The summed E-state index contributed by atoms with van der Waals surface area (Å²) in [6, 6.07) is 9.34. The molecular formula is C11H15NO3. The topological polar surface area (TPSA) is 69.6 Å². The first-order valence-corrected chi connectivity index (χ1v) is 4.90. The third-order valence-corrected chi connectivity index (χ3v) is 2.11. The minimum Gasteiger partial charge on any atom is -0.465 e. The van der Waals surface area contributed by atoms with Crippen LogP contribution >= 0.6 is 0 Å². The molecule has 4 heteroatoms. The molecule has 1 amide bonds. The molecule has 0 heterocycles. The number of rotatable bonds is 5. The number of benzene rings is 1. The molecule has 15 heavy (non-hydrogen) atoms. The van der Waals surface area contributed by atoms with Crippen LogP contribution < -0.4 is 5.32 Å². The number of hydrogen-bond donors (Lipinski definition) is 3. The second-order valence-corrected chi connectivity index (χ2v) is 3.30. The lowest BCUT2D eigenvalue weighted by Gasteiger charge is -2.10. The number of amides is 1.